The van der Waals surface area contributed by atoms with Gasteiger partial charge in [0.15, 0.2) is 0 Å². The first-order valence-electron chi connectivity index (χ1n) is 7.10. The quantitative estimate of drug-likeness (QED) is 0.616. The van der Waals surface area contributed by atoms with Gasteiger partial charge < -0.3 is 9.80 Å². The molecule has 3 heterocycles. The Morgan fingerprint density at radius 3 is 2.65 bits per heavy atom. The summed E-state index contributed by atoms with van der Waals surface area (Å²) in [5.74, 6) is 0.554. The van der Waals surface area contributed by atoms with Crippen molar-refractivity contribution in [1.29, 1.82) is 0 Å². The summed E-state index contributed by atoms with van der Waals surface area (Å²) in [5, 5.41) is 14.9. The number of anilines is 2. The fourth-order valence-electron chi connectivity index (χ4n) is 2.66. The molecule has 2 aromatic rings. The van der Waals surface area contributed by atoms with Crippen LogP contribution in [-0.4, -0.2) is 45.2 Å². The van der Waals surface area contributed by atoms with E-state index in [4.69, 9.17) is 0 Å². The first-order chi connectivity index (χ1) is 11.0. The molecule has 1 saturated heterocycles. The second-order valence-corrected chi connectivity index (χ2v) is 5.43. The van der Waals surface area contributed by atoms with E-state index in [0.717, 1.165) is 5.69 Å². The number of hydrogen-bond acceptors (Lipinski definition) is 6. The van der Waals surface area contributed by atoms with Crippen molar-refractivity contribution in [1.82, 2.24) is 14.8 Å². The normalized spacial score (nSPS) is 15.1. The second kappa shape index (κ2) is 5.67. The molecule has 1 aliphatic heterocycles. The molecule has 1 aliphatic rings. The maximum Gasteiger partial charge on any atom is 0.287 e. The Morgan fingerprint density at radius 1 is 1.30 bits per heavy atom. The zero-order chi connectivity index (χ0) is 16.6. The van der Waals surface area contributed by atoms with Gasteiger partial charge in [-0.15, -0.1) is 0 Å². The molecule has 0 radical (unpaired) electrons. The van der Waals surface area contributed by atoms with Crippen molar-refractivity contribution in [3.63, 3.8) is 0 Å². The molecule has 9 heteroatoms. The van der Waals surface area contributed by atoms with E-state index in [1.54, 1.807) is 35.9 Å². The molecule has 1 amide bonds. The van der Waals surface area contributed by atoms with Crippen LogP contribution in [0.25, 0.3) is 0 Å². The van der Waals surface area contributed by atoms with Gasteiger partial charge in [0, 0.05) is 32.4 Å². The summed E-state index contributed by atoms with van der Waals surface area (Å²) in [5.41, 5.74) is 1.40. The molecular formula is C14H16N6O3. The van der Waals surface area contributed by atoms with Gasteiger partial charge in [0.1, 0.15) is 12.0 Å². The van der Waals surface area contributed by atoms with Gasteiger partial charge in [-0.2, -0.15) is 5.10 Å². The highest BCUT2D eigenvalue weighted by atomic mass is 16.6. The van der Waals surface area contributed by atoms with Gasteiger partial charge in [0.05, 0.1) is 23.4 Å². The Bertz CT molecular complexity index is 772. The fourth-order valence-corrected chi connectivity index (χ4v) is 2.66. The van der Waals surface area contributed by atoms with Crippen molar-refractivity contribution in [2.75, 3.05) is 29.4 Å². The third kappa shape index (κ3) is 2.85. The molecule has 0 N–H and O–H groups in total. The highest BCUT2D eigenvalue weighted by molar-refractivity contribution is 5.97. The van der Waals surface area contributed by atoms with Crippen molar-refractivity contribution in [3.05, 3.63) is 40.3 Å². The Labute approximate surface area is 132 Å². The largest absolute Gasteiger partial charge is 0.345 e. The van der Waals surface area contributed by atoms with Gasteiger partial charge in [-0.05, 0) is 12.5 Å². The molecule has 9 nitrogen and oxygen atoms in total. The van der Waals surface area contributed by atoms with Crippen molar-refractivity contribution in [3.8, 4) is 0 Å². The number of rotatable bonds is 3. The molecule has 3 rings (SSSR count). The number of carbonyl (C=O) groups is 1. The van der Waals surface area contributed by atoms with Gasteiger partial charge in [-0.3, -0.25) is 19.6 Å². The van der Waals surface area contributed by atoms with Gasteiger partial charge in [0.2, 0.25) is 5.91 Å². The van der Waals surface area contributed by atoms with Crippen LogP contribution in [0.4, 0.5) is 17.2 Å². The topological polar surface area (TPSA) is 97.4 Å². The van der Waals surface area contributed by atoms with E-state index in [-0.39, 0.29) is 18.1 Å². The van der Waals surface area contributed by atoms with Crippen molar-refractivity contribution in [2.24, 2.45) is 7.05 Å². The summed E-state index contributed by atoms with van der Waals surface area (Å²) in [6.45, 7) is 3.06. The lowest BCUT2D eigenvalue weighted by Crippen LogP contribution is -2.51. The van der Waals surface area contributed by atoms with Crippen molar-refractivity contribution >= 4 is 23.1 Å². The molecule has 2 aromatic heterocycles. The number of piperazine rings is 1. The number of nitrogens with zero attached hydrogens (tertiary/aromatic N) is 6. The van der Waals surface area contributed by atoms with Gasteiger partial charge in [0.25, 0.3) is 5.69 Å². The van der Waals surface area contributed by atoms with Crippen LogP contribution in [0, 0.1) is 17.0 Å². The minimum absolute atomic E-state index is 0.0495. The van der Waals surface area contributed by atoms with Crippen LogP contribution in [0.15, 0.2) is 24.7 Å². The Kier molecular flexibility index (Phi) is 3.68. The number of pyridine rings is 1. The SMILES string of the molecule is Cc1cc([N+](=O)[O-])cnc1N1CCN(c2cnn(C)c2)C(=O)C1. The first-order valence-corrected chi connectivity index (χ1v) is 7.10. The average molecular weight is 316 g/mol. The van der Waals surface area contributed by atoms with E-state index in [1.807, 2.05) is 4.90 Å². The summed E-state index contributed by atoms with van der Waals surface area (Å²) < 4.78 is 1.65. The predicted octanol–water partition coefficient (Wildman–Crippen LogP) is 0.885. The molecule has 0 aromatic carbocycles. The monoisotopic (exact) mass is 316 g/mol. The maximum absolute atomic E-state index is 12.4. The summed E-state index contributed by atoms with van der Waals surface area (Å²) >= 11 is 0. The van der Waals surface area contributed by atoms with Gasteiger partial charge in [-0.25, -0.2) is 4.98 Å². The number of nitro groups is 1. The smallest absolute Gasteiger partial charge is 0.287 e. The van der Waals surface area contributed by atoms with Crippen LogP contribution in [0.3, 0.4) is 0 Å². The van der Waals surface area contributed by atoms with E-state index in [1.165, 1.54) is 12.3 Å². The fraction of sp³-hybridized carbons (Fsp3) is 0.357. The number of aryl methyl sites for hydroxylation is 2. The standard InChI is InChI=1S/C14H16N6O3/c1-10-5-11(20(22)23)6-15-14(10)18-3-4-19(13(21)9-18)12-7-16-17(2)8-12/h5-8H,3-4,9H2,1-2H3. The Hall–Kier alpha value is -2.97. The van der Waals surface area contributed by atoms with Crippen LogP contribution < -0.4 is 9.80 Å². The van der Waals surface area contributed by atoms with Crippen LogP contribution in [0.5, 0.6) is 0 Å². The molecule has 23 heavy (non-hydrogen) atoms. The maximum atomic E-state index is 12.4. The highest BCUT2D eigenvalue weighted by Crippen LogP contribution is 2.24. The third-order valence-electron chi connectivity index (χ3n) is 3.77. The molecule has 0 saturated carbocycles. The number of hydrogen-bond donors (Lipinski definition) is 0. The Morgan fingerprint density at radius 2 is 2.09 bits per heavy atom. The number of amides is 1. The summed E-state index contributed by atoms with van der Waals surface area (Å²) in [6.07, 6.45) is 4.67. The third-order valence-corrected chi connectivity index (χ3v) is 3.77. The van der Waals surface area contributed by atoms with Crippen LogP contribution in [0.1, 0.15) is 5.56 Å². The Balaban J connectivity index is 1.77. The zero-order valence-electron chi connectivity index (χ0n) is 12.8. The van der Waals surface area contributed by atoms with E-state index in [9.17, 15) is 14.9 Å². The van der Waals surface area contributed by atoms with Gasteiger partial charge >= 0.3 is 0 Å². The van der Waals surface area contributed by atoms with Crippen LogP contribution >= 0.6 is 0 Å². The van der Waals surface area contributed by atoms with Crippen molar-refractivity contribution in [2.45, 2.75) is 6.92 Å². The van der Waals surface area contributed by atoms with Crippen LogP contribution in [-0.2, 0) is 11.8 Å². The minimum Gasteiger partial charge on any atom is -0.345 e. The van der Waals surface area contributed by atoms with Gasteiger partial charge in [-0.1, -0.05) is 0 Å². The lowest BCUT2D eigenvalue weighted by atomic mass is 10.2. The molecule has 0 unspecified atom stereocenters. The second-order valence-electron chi connectivity index (χ2n) is 5.43. The molecule has 0 aliphatic carbocycles. The summed E-state index contributed by atoms with van der Waals surface area (Å²) in [4.78, 5) is 30.4. The average Bonchev–Trinajstić information content (AvgIpc) is 2.93. The number of aromatic nitrogens is 3. The summed E-state index contributed by atoms with van der Waals surface area (Å²) in [6, 6.07) is 1.47. The highest BCUT2D eigenvalue weighted by Gasteiger charge is 2.27. The summed E-state index contributed by atoms with van der Waals surface area (Å²) in [7, 11) is 1.80. The zero-order valence-corrected chi connectivity index (χ0v) is 12.8. The molecular weight excluding hydrogens is 300 g/mol. The molecule has 0 bridgehead atoms. The molecule has 0 spiro atoms. The van der Waals surface area contributed by atoms with Crippen LogP contribution in [0.2, 0.25) is 0 Å². The first kappa shape index (κ1) is 14.9. The van der Waals surface area contributed by atoms with E-state index in [2.05, 4.69) is 10.1 Å². The van der Waals surface area contributed by atoms with E-state index in [0.29, 0.717) is 24.5 Å². The molecule has 0 atom stereocenters. The lowest BCUT2D eigenvalue weighted by molar-refractivity contribution is -0.385. The van der Waals surface area contributed by atoms with Crippen molar-refractivity contribution < 1.29 is 9.72 Å². The molecule has 120 valence electrons. The van der Waals surface area contributed by atoms with E-state index < -0.39 is 4.92 Å². The lowest BCUT2D eigenvalue weighted by Gasteiger charge is -2.34. The molecule has 1 fully saturated rings. The number of carbonyl (C=O) groups excluding carboxylic acids is 1. The van der Waals surface area contributed by atoms with E-state index >= 15 is 0 Å². The minimum atomic E-state index is -0.477. The predicted molar refractivity (Wildman–Crippen MR) is 83.4 cm³/mol.